The van der Waals surface area contributed by atoms with Gasteiger partial charge in [-0.1, -0.05) is 18.4 Å². The van der Waals surface area contributed by atoms with Gasteiger partial charge in [-0.05, 0) is 37.5 Å². The van der Waals surface area contributed by atoms with Crippen LogP contribution >= 0.6 is 0 Å². The third-order valence-corrected chi connectivity index (χ3v) is 6.80. The highest BCUT2D eigenvalue weighted by molar-refractivity contribution is 6.02. The van der Waals surface area contributed by atoms with Crippen molar-refractivity contribution in [2.45, 2.75) is 37.4 Å². The number of carbonyl (C=O) groups excluding carboxylic acids is 2. The fraction of sp³-hybridized carbons (Fsp3) is 0.370. The SMILES string of the molecule is C=CC(=O)N1CCC(N2N[C@@H](C#Cc3cc(OC)cc(OC)c3)c3c(N)ncc(C(=O)NC4CC4)c32)C1. The van der Waals surface area contributed by atoms with Gasteiger partial charge >= 0.3 is 0 Å². The van der Waals surface area contributed by atoms with E-state index >= 15 is 0 Å². The molecule has 2 amide bonds. The summed E-state index contributed by atoms with van der Waals surface area (Å²) in [6.07, 6.45) is 5.49. The number of carbonyl (C=O) groups is 2. The number of methoxy groups -OCH3 is 2. The molecule has 1 aromatic carbocycles. The number of ether oxygens (including phenoxy) is 2. The van der Waals surface area contributed by atoms with Crippen molar-refractivity contribution >= 4 is 23.3 Å². The number of likely N-dealkylation sites (tertiary alicyclic amines) is 1. The predicted molar refractivity (Wildman–Crippen MR) is 139 cm³/mol. The second-order valence-corrected chi connectivity index (χ2v) is 9.30. The summed E-state index contributed by atoms with van der Waals surface area (Å²) in [6, 6.07) is 5.01. The number of nitrogen functional groups attached to an aromatic ring is 1. The lowest BCUT2D eigenvalue weighted by Crippen LogP contribution is -2.45. The fourth-order valence-corrected chi connectivity index (χ4v) is 4.71. The zero-order chi connectivity index (χ0) is 26.1. The molecule has 2 aromatic rings. The van der Waals surface area contributed by atoms with Crippen LogP contribution in [-0.4, -0.2) is 61.1 Å². The van der Waals surface area contributed by atoms with Crippen molar-refractivity contribution < 1.29 is 19.1 Å². The first-order valence-electron chi connectivity index (χ1n) is 12.2. The molecule has 1 saturated heterocycles. The van der Waals surface area contributed by atoms with Gasteiger partial charge in [-0.15, -0.1) is 0 Å². The van der Waals surface area contributed by atoms with Crippen LogP contribution in [0.5, 0.6) is 11.5 Å². The Morgan fingerprint density at radius 3 is 2.59 bits per heavy atom. The van der Waals surface area contributed by atoms with Gasteiger partial charge in [0.2, 0.25) is 5.91 Å². The summed E-state index contributed by atoms with van der Waals surface area (Å²) in [5, 5.41) is 4.99. The fourth-order valence-electron chi connectivity index (χ4n) is 4.71. The average Bonchev–Trinajstić information content (AvgIpc) is 3.44. The Kier molecular flexibility index (Phi) is 6.63. The van der Waals surface area contributed by atoms with Crippen LogP contribution in [-0.2, 0) is 4.79 Å². The molecule has 1 unspecified atom stereocenters. The van der Waals surface area contributed by atoms with Crippen molar-refractivity contribution in [1.29, 1.82) is 0 Å². The van der Waals surface area contributed by atoms with E-state index in [1.807, 2.05) is 17.1 Å². The van der Waals surface area contributed by atoms with Crippen molar-refractivity contribution in [3.63, 3.8) is 0 Å². The van der Waals surface area contributed by atoms with Gasteiger partial charge in [0, 0.05) is 37.0 Å². The quantitative estimate of drug-likeness (QED) is 0.404. The van der Waals surface area contributed by atoms with Crippen LogP contribution in [0.4, 0.5) is 11.5 Å². The predicted octanol–water partition coefficient (Wildman–Crippen LogP) is 1.78. The van der Waals surface area contributed by atoms with E-state index in [2.05, 4.69) is 34.1 Å². The molecular formula is C27H30N6O4. The van der Waals surface area contributed by atoms with Crippen molar-refractivity contribution in [2.75, 3.05) is 38.1 Å². The second kappa shape index (κ2) is 10.0. The molecule has 5 rings (SSSR count). The number of nitrogens with two attached hydrogens (primary N) is 1. The van der Waals surface area contributed by atoms with Gasteiger partial charge < -0.3 is 30.4 Å². The van der Waals surface area contributed by atoms with Gasteiger partial charge in [-0.2, -0.15) is 0 Å². The minimum Gasteiger partial charge on any atom is -0.497 e. The molecule has 4 N–H and O–H groups in total. The number of anilines is 2. The Hall–Kier alpha value is -4.23. The first-order chi connectivity index (χ1) is 17.9. The number of nitrogens with zero attached hydrogens (tertiary/aromatic N) is 3. The number of hydrogen-bond donors (Lipinski definition) is 3. The highest BCUT2D eigenvalue weighted by Gasteiger charge is 2.41. The van der Waals surface area contributed by atoms with E-state index in [1.165, 1.54) is 12.3 Å². The maximum atomic E-state index is 13.2. The van der Waals surface area contributed by atoms with Crippen molar-refractivity contribution in [3.8, 4) is 23.3 Å². The minimum atomic E-state index is -0.516. The lowest BCUT2D eigenvalue weighted by Gasteiger charge is -2.28. The molecule has 1 aliphatic carbocycles. The largest absolute Gasteiger partial charge is 0.497 e. The van der Waals surface area contributed by atoms with E-state index in [1.54, 1.807) is 25.2 Å². The highest BCUT2D eigenvalue weighted by atomic mass is 16.5. The Bertz CT molecular complexity index is 1290. The van der Waals surface area contributed by atoms with E-state index in [-0.39, 0.29) is 23.9 Å². The zero-order valence-electron chi connectivity index (χ0n) is 20.9. The number of aromatic nitrogens is 1. The van der Waals surface area contributed by atoms with Gasteiger partial charge in [0.25, 0.3) is 5.91 Å². The van der Waals surface area contributed by atoms with Gasteiger partial charge in [0.15, 0.2) is 0 Å². The lowest BCUT2D eigenvalue weighted by atomic mass is 10.0. The standard InChI is InChI=1S/C27H30N6O4/c1-4-23(34)32-10-9-18(15-32)33-25-21(27(35)30-17-6-7-17)14-29-26(28)24(25)22(31-33)8-5-16-11-19(36-2)13-20(12-16)37-3/h4,11-14,17-18,22,31H,1,6-7,9-10,15H2,2-3H3,(H2,28,29)(H,30,35)/t18?,22-/m0/s1. The summed E-state index contributed by atoms with van der Waals surface area (Å²) in [5.74, 6) is 7.68. The molecule has 3 heterocycles. The number of fused-ring (bicyclic) bond motifs is 1. The topological polar surface area (TPSA) is 122 Å². The van der Waals surface area contributed by atoms with Crippen LogP contribution in [0.3, 0.4) is 0 Å². The molecule has 37 heavy (non-hydrogen) atoms. The Labute approximate surface area is 215 Å². The monoisotopic (exact) mass is 502 g/mol. The molecule has 10 heteroatoms. The third kappa shape index (κ3) is 4.90. The second-order valence-electron chi connectivity index (χ2n) is 9.30. The number of pyridine rings is 1. The summed E-state index contributed by atoms with van der Waals surface area (Å²) in [4.78, 5) is 31.5. The number of rotatable bonds is 6. The first kappa shape index (κ1) is 24.5. The molecule has 1 saturated carbocycles. The molecule has 192 valence electrons. The van der Waals surface area contributed by atoms with Crippen LogP contribution in [0.2, 0.25) is 0 Å². The number of hydrazine groups is 1. The van der Waals surface area contributed by atoms with E-state index in [0.717, 1.165) is 12.8 Å². The molecule has 10 nitrogen and oxygen atoms in total. The number of nitrogens with one attached hydrogen (secondary N) is 2. The Balaban J connectivity index is 1.53. The summed E-state index contributed by atoms with van der Waals surface area (Å²) < 4.78 is 10.7. The maximum absolute atomic E-state index is 13.2. The first-order valence-corrected chi connectivity index (χ1v) is 12.2. The molecular weight excluding hydrogens is 472 g/mol. The number of hydrogen-bond acceptors (Lipinski definition) is 8. The molecule has 0 spiro atoms. The van der Waals surface area contributed by atoms with E-state index in [9.17, 15) is 9.59 Å². The third-order valence-electron chi connectivity index (χ3n) is 6.80. The Morgan fingerprint density at radius 1 is 1.22 bits per heavy atom. The molecule has 2 atom stereocenters. The molecule has 0 radical (unpaired) electrons. The summed E-state index contributed by atoms with van der Waals surface area (Å²) in [7, 11) is 3.17. The summed E-state index contributed by atoms with van der Waals surface area (Å²) in [5.41, 5.74) is 12.3. The van der Waals surface area contributed by atoms with Crippen LogP contribution < -0.4 is 31.0 Å². The van der Waals surface area contributed by atoms with Gasteiger partial charge in [-0.25, -0.2) is 10.4 Å². The summed E-state index contributed by atoms with van der Waals surface area (Å²) >= 11 is 0. The highest BCUT2D eigenvalue weighted by Crippen LogP contribution is 2.41. The van der Waals surface area contributed by atoms with Gasteiger partial charge in [0.1, 0.15) is 23.4 Å². The van der Waals surface area contributed by atoms with Crippen LogP contribution in [0.1, 0.15) is 46.8 Å². The minimum absolute atomic E-state index is 0.0827. The number of amides is 2. The molecule has 2 aliphatic heterocycles. The van der Waals surface area contributed by atoms with Crippen molar-refractivity contribution in [3.05, 3.63) is 53.7 Å². The van der Waals surface area contributed by atoms with Crippen molar-refractivity contribution in [1.82, 2.24) is 20.6 Å². The van der Waals surface area contributed by atoms with E-state index < -0.39 is 6.04 Å². The van der Waals surface area contributed by atoms with Crippen LogP contribution in [0, 0.1) is 11.8 Å². The van der Waals surface area contributed by atoms with Gasteiger partial charge in [-0.3, -0.25) is 9.59 Å². The van der Waals surface area contributed by atoms with Crippen LogP contribution in [0.25, 0.3) is 0 Å². The number of benzene rings is 1. The normalized spacial score (nSPS) is 20.1. The lowest BCUT2D eigenvalue weighted by molar-refractivity contribution is -0.125. The molecule has 2 fully saturated rings. The summed E-state index contributed by atoms with van der Waals surface area (Å²) in [6.45, 7) is 4.67. The Morgan fingerprint density at radius 2 is 1.95 bits per heavy atom. The van der Waals surface area contributed by atoms with E-state index in [4.69, 9.17) is 15.2 Å². The van der Waals surface area contributed by atoms with Crippen molar-refractivity contribution in [2.24, 2.45) is 0 Å². The zero-order valence-corrected chi connectivity index (χ0v) is 20.9. The van der Waals surface area contributed by atoms with E-state index in [0.29, 0.717) is 59.2 Å². The maximum Gasteiger partial charge on any atom is 0.255 e. The average molecular weight is 503 g/mol. The molecule has 3 aliphatic rings. The molecule has 1 aromatic heterocycles. The smallest absolute Gasteiger partial charge is 0.255 e. The molecule has 0 bridgehead atoms. The van der Waals surface area contributed by atoms with Crippen LogP contribution in [0.15, 0.2) is 37.1 Å². The van der Waals surface area contributed by atoms with Gasteiger partial charge in [0.05, 0.1) is 37.1 Å².